The summed E-state index contributed by atoms with van der Waals surface area (Å²) in [6.07, 6.45) is 0. The normalized spacial score (nSPS) is 17.9. The molecule has 2 nitrogen and oxygen atoms in total. The highest BCUT2D eigenvalue weighted by molar-refractivity contribution is 9.10. The van der Waals surface area contributed by atoms with Gasteiger partial charge in [0.2, 0.25) is 5.91 Å². The number of thioether (sulfide) groups is 1. The summed E-state index contributed by atoms with van der Waals surface area (Å²) < 4.78 is 1.04. The van der Waals surface area contributed by atoms with Crippen LogP contribution < -0.4 is 4.90 Å². The summed E-state index contributed by atoms with van der Waals surface area (Å²) in [5.41, 5.74) is 2.09. The Balaban J connectivity index is 1.80. The Morgan fingerprint density at radius 1 is 0.957 bits per heavy atom. The topological polar surface area (TPSA) is 20.3 Å². The third-order valence-electron chi connectivity index (χ3n) is 4.05. The summed E-state index contributed by atoms with van der Waals surface area (Å²) in [5.74, 6) is 0.671. The molecule has 23 heavy (non-hydrogen) atoms. The number of nitrogens with zero attached hydrogens (tertiary/aromatic N) is 1. The molecular formula is C19H14BrNOS. The first-order valence-corrected chi connectivity index (χ1v) is 9.25. The van der Waals surface area contributed by atoms with Gasteiger partial charge in [0.15, 0.2) is 0 Å². The van der Waals surface area contributed by atoms with Crippen LogP contribution in [0.3, 0.4) is 0 Å². The Hall–Kier alpha value is -1.78. The fourth-order valence-electron chi connectivity index (χ4n) is 2.94. The van der Waals surface area contributed by atoms with Gasteiger partial charge >= 0.3 is 0 Å². The molecule has 114 valence electrons. The molecule has 3 aromatic rings. The van der Waals surface area contributed by atoms with Gasteiger partial charge < -0.3 is 0 Å². The highest BCUT2D eigenvalue weighted by Gasteiger charge is 2.34. The minimum Gasteiger partial charge on any atom is -0.295 e. The summed E-state index contributed by atoms with van der Waals surface area (Å²) in [4.78, 5) is 14.4. The highest BCUT2D eigenvalue weighted by atomic mass is 79.9. The van der Waals surface area contributed by atoms with Crippen LogP contribution in [0.1, 0.15) is 10.9 Å². The molecule has 4 heteroatoms. The molecule has 0 aliphatic carbocycles. The van der Waals surface area contributed by atoms with Gasteiger partial charge in [0.05, 0.1) is 5.75 Å². The molecule has 0 bridgehead atoms. The molecule has 0 saturated carbocycles. The number of hydrogen-bond acceptors (Lipinski definition) is 2. The second-order valence-corrected chi connectivity index (χ2v) is 7.40. The molecule has 1 saturated heterocycles. The van der Waals surface area contributed by atoms with Gasteiger partial charge in [-0.2, -0.15) is 0 Å². The molecule has 0 aromatic heterocycles. The van der Waals surface area contributed by atoms with Gasteiger partial charge in [-0.15, -0.1) is 11.8 Å². The molecule has 1 unspecified atom stereocenters. The zero-order chi connectivity index (χ0) is 15.8. The lowest BCUT2D eigenvalue weighted by molar-refractivity contribution is -0.115. The highest BCUT2D eigenvalue weighted by Crippen LogP contribution is 2.44. The molecular weight excluding hydrogens is 370 g/mol. The fraction of sp³-hybridized carbons (Fsp3) is 0.105. The average molecular weight is 384 g/mol. The Morgan fingerprint density at radius 2 is 1.70 bits per heavy atom. The Bertz CT molecular complexity index is 895. The lowest BCUT2D eigenvalue weighted by Crippen LogP contribution is -2.27. The van der Waals surface area contributed by atoms with Gasteiger partial charge in [0, 0.05) is 10.2 Å². The van der Waals surface area contributed by atoms with E-state index in [-0.39, 0.29) is 11.3 Å². The Morgan fingerprint density at radius 3 is 2.52 bits per heavy atom. The van der Waals surface area contributed by atoms with Gasteiger partial charge in [0.1, 0.15) is 5.37 Å². The van der Waals surface area contributed by atoms with E-state index in [9.17, 15) is 4.79 Å². The quantitative estimate of drug-likeness (QED) is 0.591. The monoisotopic (exact) mass is 383 g/mol. The van der Waals surface area contributed by atoms with E-state index in [0.717, 1.165) is 21.1 Å². The minimum absolute atomic E-state index is 0.0132. The van der Waals surface area contributed by atoms with Crippen molar-refractivity contribution in [1.82, 2.24) is 0 Å². The van der Waals surface area contributed by atoms with Crippen LogP contribution in [-0.2, 0) is 4.79 Å². The van der Waals surface area contributed by atoms with Crippen molar-refractivity contribution in [3.05, 3.63) is 76.8 Å². The SMILES string of the molecule is O=C1CSC(c2ccccc2Br)N1c1ccc2ccccc2c1. The van der Waals surface area contributed by atoms with Crippen molar-refractivity contribution in [1.29, 1.82) is 0 Å². The number of carbonyl (C=O) groups excluding carboxylic acids is 1. The van der Waals surface area contributed by atoms with Crippen molar-refractivity contribution >= 4 is 50.1 Å². The van der Waals surface area contributed by atoms with E-state index >= 15 is 0 Å². The maximum absolute atomic E-state index is 12.5. The lowest BCUT2D eigenvalue weighted by atomic mass is 10.1. The first-order chi connectivity index (χ1) is 11.2. The summed E-state index contributed by atoms with van der Waals surface area (Å²) >= 11 is 5.29. The molecule has 1 fully saturated rings. The summed E-state index contributed by atoms with van der Waals surface area (Å²) in [6.45, 7) is 0. The molecule has 1 atom stereocenters. The van der Waals surface area contributed by atoms with Crippen molar-refractivity contribution in [3.8, 4) is 0 Å². The van der Waals surface area contributed by atoms with Crippen LogP contribution in [-0.4, -0.2) is 11.7 Å². The molecule has 4 rings (SSSR count). The fourth-order valence-corrected chi connectivity index (χ4v) is 4.80. The van der Waals surface area contributed by atoms with Gasteiger partial charge in [-0.05, 0) is 34.5 Å². The lowest BCUT2D eigenvalue weighted by Gasteiger charge is -2.25. The smallest absolute Gasteiger partial charge is 0.238 e. The van der Waals surface area contributed by atoms with Crippen LogP contribution in [0.4, 0.5) is 5.69 Å². The summed E-state index contributed by atoms with van der Waals surface area (Å²) in [7, 11) is 0. The van der Waals surface area contributed by atoms with Crippen molar-refractivity contribution in [2.24, 2.45) is 0 Å². The molecule has 1 aliphatic heterocycles. The third-order valence-corrected chi connectivity index (χ3v) is 5.97. The molecule has 1 amide bonds. The van der Waals surface area contributed by atoms with E-state index in [2.05, 4.69) is 46.3 Å². The second kappa shape index (κ2) is 6.02. The number of benzene rings is 3. The summed E-state index contributed by atoms with van der Waals surface area (Å²) in [5, 5.41) is 2.35. The maximum Gasteiger partial charge on any atom is 0.238 e. The minimum atomic E-state index is 0.0132. The molecule has 0 spiro atoms. The van der Waals surface area contributed by atoms with Gasteiger partial charge in [-0.25, -0.2) is 0 Å². The van der Waals surface area contributed by atoms with Crippen LogP contribution >= 0.6 is 27.7 Å². The number of rotatable bonds is 2. The number of hydrogen-bond donors (Lipinski definition) is 0. The van der Waals surface area contributed by atoms with Gasteiger partial charge in [0.25, 0.3) is 0 Å². The zero-order valence-electron chi connectivity index (χ0n) is 12.3. The van der Waals surface area contributed by atoms with E-state index < -0.39 is 0 Å². The first-order valence-electron chi connectivity index (χ1n) is 7.41. The first kappa shape index (κ1) is 14.8. The number of halogens is 1. The van der Waals surface area contributed by atoms with Crippen molar-refractivity contribution < 1.29 is 4.79 Å². The largest absolute Gasteiger partial charge is 0.295 e. The van der Waals surface area contributed by atoms with Crippen LogP contribution in [0.15, 0.2) is 71.2 Å². The van der Waals surface area contributed by atoms with Gasteiger partial charge in [-0.1, -0.05) is 64.5 Å². The van der Waals surface area contributed by atoms with Crippen LogP contribution in [0, 0.1) is 0 Å². The number of fused-ring (bicyclic) bond motifs is 1. The van der Waals surface area contributed by atoms with Crippen LogP contribution in [0.5, 0.6) is 0 Å². The Kier molecular flexibility index (Phi) is 3.87. The van der Waals surface area contributed by atoms with Crippen LogP contribution in [0.25, 0.3) is 10.8 Å². The van der Waals surface area contributed by atoms with E-state index in [1.165, 1.54) is 5.39 Å². The van der Waals surface area contributed by atoms with Gasteiger partial charge in [-0.3, -0.25) is 9.69 Å². The number of carbonyl (C=O) groups is 1. The standard InChI is InChI=1S/C19H14BrNOS/c20-17-8-4-3-7-16(17)19-21(18(22)12-23-19)15-10-9-13-5-1-2-6-14(13)11-15/h1-11,19H,12H2. The Labute approximate surface area is 147 Å². The number of amides is 1. The number of anilines is 1. The predicted octanol–water partition coefficient (Wildman–Crippen LogP) is 5.38. The van der Waals surface area contributed by atoms with Crippen molar-refractivity contribution in [2.45, 2.75) is 5.37 Å². The molecule has 0 N–H and O–H groups in total. The molecule has 3 aromatic carbocycles. The predicted molar refractivity (Wildman–Crippen MR) is 101 cm³/mol. The van der Waals surface area contributed by atoms with Crippen LogP contribution in [0.2, 0.25) is 0 Å². The van der Waals surface area contributed by atoms with Crippen molar-refractivity contribution in [2.75, 3.05) is 10.7 Å². The molecule has 1 heterocycles. The van der Waals surface area contributed by atoms with E-state index in [0.29, 0.717) is 5.75 Å². The second-order valence-electron chi connectivity index (χ2n) is 5.48. The average Bonchev–Trinajstić information content (AvgIpc) is 2.96. The summed E-state index contributed by atoms with van der Waals surface area (Å²) in [6, 6.07) is 22.6. The maximum atomic E-state index is 12.5. The van der Waals surface area contributed by atoms with E-state index in [4.69, 9.17) is 0 Å². The van der Waals surface area contributed by atoms with E-state index in [1.54, 1.807) is 11.8 Å². The van der Waals surface area contributed by atoms with E-state index in [1.807, 2.05) is 41.3 Å². The molecule has 0 radical (unpaired) electrons. The zero-order valence-corrected chi connectivity index (χ0v) is 14.7. The molecule has 1 aliphatic rings. The van der Waals surface area contributed by atoms with Crippen molar-refractivity contribution in [3.63, 3.8) is 0 Å². The third kappa shape index (κ3) is 2.66.